The third-order valence-corrected chi connectivity index (χ3v) is 2.91. The van der Waals surface area contributed by atoms with E-state index in [4.69, 9.17) is 5.73 Å². The number of anilines is 2. The molecule has 0 aromatic carbocycles. The van der Waals surface area contributed by atoms with Crippen molar-refractivity contribution in [3.8, 4) is 0 Å². The molecule has 0 bridgehead atoms. The van der Waals surface area contributed by atoms with Crippen LogP contribution in [0.3, 0.4) is 0 Å². The maximum atomic E-state index is 6.04. The lowest BCUT2D eigenvalue weighted by Crippen LogP contribution is -2.44. The van der Waals surface area contributed by atoms with Crippen LogP contribution >= 0.6 is 0 Å². The molecule has 0 aliphatic heterocycles. The fourth-order valence-electron chi connectivity index (χ4n) is 1.96. The molecule has 1 heterocycles. The Balaban J connectivity index is 2.76. The Hall–Kier alpha value is -1.36. The van der Waals surface area contributed by atoms with Crippen LogP contribution in [0.15, 0.2) is 12.4 Å². The molecule has 1 rings (SSSR count). The minimum Gasteiger partial charge on any atom is -0.360 e. The van der Waals surface area contributed by atoms with Gasteiger partial charge in [-0.1, -0.05) is 13.3 Å². The fourth-order valence-corrected chi connectivity index (χ4v) is 1.96. The molecule has 0 spiro atoms. The zero-order valence-corrected chi connectivity index (χ0v) is 12.8. The summed E-state index contributed by atoms with van der Waals surface area (Å²) in [5, 5.41) is 0. The normalized spacial score (nSPS) is 11.5. The zero-order chi connectivity index (χ0) is 14.5. The van der Waals surface area contributed by atoms with Crippen LogP contribution < -0.4 is 15.5 Å². The molecule has 19 heavy (non-hydrogen) atoms. The van der Waals surface area contributed by atoms with E-state index in [9.17, 15) is 0 Å². The molecule has 108 valence electrons. The van der Waals surface area contributed by atoms with Crippen LogP contribution in [0.5, 0.6) is 0 Å². The summed E-state index contributed by atoms with van der Waals surface area (Å²) in [6.07, 6.45) is 3.97. The standard InChI is InChI=1S/C14H27N5/c1-6-7-8-18(4)12-9-13(17-11-16-12)19(5)10-14(2,3)15/h9,11H,6-8,10,15H2,1-5H3. The smallest absolute Gasteiger partial charge is 0.133 e. The minimum absolute atomic E-state index is 0.242. The predicted molar refractivity (Wildman–Crippen MR) is 81.7 cm³/mol. The van der Waals surface area contributed by atoms with Gasteiger partial charge in [0.25, 0.3) is 0 Å². The van der Waals surface area contributed by atoms with Gasteiger partial charge in [-0.3, -0.25) is 0 Å². The Bertz CT molecular complexity index is 386. The van der Waals surface area contributed by atoms with Crippen LogP contribution in [0.1, 0.15) is 33.6 Å². The van der Waals surface area contributed by atoms with Gasteiger partial charge in [-0.2, -0.15) is 0 Å². The van der Waals surface area contributed by atoms with E-state index in [1.54, 1.807) is 6.33 Å². The van der Waals surface area contributed by atoms with Gasteiger partial charge in [0, 0.05) is 38.8 Å². The van der Waals surface area contributed by atoms with Crippen molar-refractivity contribution in [3.63, 3.8) is 0 Å². The Morgan fingerprint density at radius 1 is 1.16 bits per heavy atom. The Morgan fingerprint density at radius 2 is 1.74 bits per heavy atom. The third-order valence-electron chi connectivity index (χ3n) is 2.91. The van der Waals surface area contributed by atoms with Crippen LogP contribution in [0.2, 0.25) is 0 Å². The van der Waals surface area contributed by atoms with Gasteiger partial charge in [0.05, 0.1) is 0 Å². The summed E-state index contributed by atoms with van der Waals surface area (Å²) in [5.74, 6) is 1.87. The molecule has 5 heteroatoms. The Morgan fingerprint density at radius 3 is 2.26 bits per heavy atom. The molecule has 1 aromatic heterocycles. The Kier molecular flexibility index (Phi) is 5.54. The van der Waals surface area contributed by atoms with E-state index >= 15 is 0 Å². The molecule has 5 nitrogen and oxygen atoms in total. The number of likely N-dealkylation sites (N-methyl/N-ethyl adjacent to an activating group) is 1. The van der Waals surface area contributed by atoms with Crippen molar-refractivity contribution in [2.75, 3.05) is 37.0 Å². The molecular weight excluding hydrogens is 238 g/mol. The summed E-state index contributed by atoms with van der Waals surface area (Å²) >= 11 is 0. The van der Waals surface area contributed by atoms with Gasteiger partial charge < -0.3 is 15.5 Å². The summed E-state index contributed by atoms with van der Waals surface area (Å²) in [7, 11) is 4.07. The lowest BCUT2D eigenvalue weighted by molar-refractivity contribution is 0.517. The maximum absolute atomic E-state index is 6.04. The number of hydrogen-bond acceptors (Lipinski definition) is 5. The second-order valence-electron chi connectivity index (χ2n) is 5.85. The number of unbranched alkanes of at least 4 members (excludes halogenated alkanes) is 1. The first-order valence-electron chi connectivity index (χ1n) is 6.86. The van der Waals surface area contributed by atoms with Gasteiger partial charge in [-0.05, 0) is 20.3 Å². The molecule has 0 fully saturated rings. The van der Waals surface area contributed by atoms with Crippen molar-refractivity contribution in [3.05, 3.63) is 12.4 Å². The van der Waals surface area contributed by atoms with Crippen molar-refractivity contribution in [1.29, 1.82) is 0 Å². The number of hydrogen-bond donors (Lipinski definition) is 1. The molecule has 0 amide bonds. The SMILES string of the molecule is CCCCN(C)c1cc(N(C)CC(C)(C)N)ncn1. The van der Waals surface area contributed by atoms with Crippen molar-refractivity contribution in [2.24, 2.45) is 5.73 Å². The lowest BCUT2D eigenvalue weighted by Gasteiger charge is -2.28. The summed E-state index contributed by atoms with van der Waals surface area (Å²) in [6, 6.07) is 2.02. The second-order valence-corrected chi connectivity index (χ2v) is 5.85. The van der Waals surface area contributed by atoms with E-state index in [-0.39, 0.29) is 5.54 Å². The number of nitrogens with two attached hydrogens (primary N) is 1. The highest BCUT2D eigenvalue weighted by Crippen LogP contribution is 2.17. The van der Waals surface area contributed by atoms with Gasteiger partial charge >= 0.3 is 0 Å². The van der Waals surface area contributed by atoms with Crippen molar-refractivity contribution in [1.82, 2.24) is 9.97 Å². The molecular formula is C14H27N5. The van der Waals surface area contributed by atoms with Gasteiger partial charge in [-0.25, -0.2) is 9.97 Å². The first kappa shape index (κ1) is 15.7. The van der Waals surface area contributed by atoms with Crippen LogP contribution in [0, 0.1) is 0 Å². The van der Waals surface area contributed by atoms with E-state index in [1.807, 2.05) is 27.0 Å². The fraction of sp³-hybridized carbons (Fsp3) is 0.714. The highest BCUT2D eigenvalue weighted by Gasteiger charge is 2.16. The largest absolute Gasteiger partial charge is 0.360 e. The third kappa shape index (κ3) is 5.42. The predicted octanol–water partition coefficient (Wildman–Crippen LogP) is 1.89. The van der Waals surface area contributed by atoms with Crippen molar-refractivity contribution in [2.45, 2.75) is 39.2 Å². The van der Waals surface area contributed by atoms with Crippen LogP contribution in [0.4, 0.5) is 11.6 Å². The Labute approximate surface area is 116 Å². The maximum Gasteiger partial charge on any atom is 0.133 e. The summed E-state index contributed by atoms with van der Waals surface area (Å²) in [5.41, 5.74) is 5.80. The molecule has 2 N–H and O–H groups in total. The van der Waals surface area contributed by atoms with Gasteiger partial charge in [-0.15, -0.1) is 0 Å². The summed E-state index contributed by atoms with van der Waals surface area (Å²) in [6.45, 7) is 7.98. The summed E-state index contributed by atoms with van der Waals surface area (Å²) in [4.78, 5) is 12.9. The quantitative estimate of drug-likeness (QED) is 0.816. The molecule has 0 unspecified atom stereocenters. The molecule has 0 atom stereocenters. The molecule has 0 aliphatic carbocycles. The van der Waals surface area contributed by atoms with Crippen LogP contribution in [0.25, 0.3) is 0 Å². The first-order valence-corrected chi connectivity index (χ1v) is 6.86. The molecule has 0 aliphatic rings. The first-order chi connectivity index (χ1) is 8.83. The molecule has 0 radical (unpaired) electrons. The highest BCUT2D eigenvalue weighted by atomic mass is 15.2. The van der Waals surface area contributed by atoms with Crippen LogP contribution in [-0.4, -0.2) is 42.7 Å². The number of nitrogens with zero attached hydrogens (tertiary/aromatic N) is 4. The highest BCUT2D eigenvalue weighted by molar-refractivity contribution is 5.49. The van der Waals surface area contributed by atoms with Gasteiger partial charge in [0.2, 0.25) is 0 Å². The monoisotopic (exact) mass is 265 g/mol. The summed E-state index contributed by atoms with van der Waals surface area (Å²) < 4.78 is 0. The number of rotatable bonds is 7. The van der Waals surface area contributed by atoms with Crippen molar-refractivity contribution < 1.29 is 0 Å². The van der Waals surface area contributed by atoms with E-state index in [2.05, 4.69) is 33.7 Å². The van der Waals surface area contributed by atoms with E-state index in [1.165, 1.54) is 12.8 Å². The molecule has 0 saturated carbocycles. The topological polar surface area (TPSA) is 58.3 Å². The van der Waals surface area contributed by atoms with E-state index < -0.39 is 0 Å². The average molecular weight is 265 g/mol. The average Bonchev–Trinajstić information content (AvgIpc) is 2.34. The second kappa shape index (κ2) is 6.70. The van der Waals surface area contributed by atoms with Gasteiger partial charge in [0.1, 0.15) is 18.0 Å². The van der Waals surface area contributed by atoms with Crippen molar-refractivity contribution >= 4 is 11.6 Å². The van der Waals surface area contributed by atoms with E-state index in [0.29, 0.717) is 0 Å². The molecule has 0 saturated heterocycles. The van der Waals surface area contributed by atoms with Crippen LogP contribution in [-0.2, 0) is 0 Å². The molecule has 1 aromatic rings. The van der Waals surface area contributed by atoms with E-state index in [0.717, 1.165) is 24.7 Å². The number of aromatic nitrogens is 2. The lowest BCUT2D eigenvalue weighted by atomic mass is 10.1. The minimum atomic E-state index is -0.242. The zero-order valence-electron chi connectivity index (χ0n) is 12.8. The van der Waals surface area contributed by atoms with Gasteiger partial charge in [0.15, 0.2) is 0 Å².